The molecule has 0 fully saturated rings. The van der Waals surface area contributed by atoms with Gasteiger partial charge in [-0.15, -0.1) is 0 Å². The van der Waals surface area contributed by atoms with Gasteiger partial charge in [0.05, 0.1) is 5.56 Å². The lowest BCUT2D eigenvalue weighted by Crippen LogP contribution is -2.03. The summed E-state index contributed by atoms with van der Waals surface area (Å²) in [6, 6.07) is 6.36. The Balaban J connectivity index is 0.000000561. The number of rotatable bonds is 0. The molecule has 1 aromatic carbocycles. The first-order valence-corrected chi connectivity index (χ1v) is 3.34. The van der Waals surface area contributed by atoms with Gasteiger partial charge in [-0.25, -0.2) is 0 Å². The second-order valence-electron chi connectivity index (χ2n) is 1.86. The third-order valence-corrected chi connectivity index (χ3v) is 1.10. The first-order chi connectivity index (χ1) is 5.61. The Morgan fingerprint density at radius 1 is 1.00 bits per heavy atom. The minimum atomic E-state index is -4.21. The second kappa shape index (κ2) is 4.88. The van der Waals surface area contributed by atoms with Crippen LogP contribution in [0, 0.1) is 0 Å². The predicted molar refractivity (Wildman–Crippen MR) is 40.4 cm³/mol. The summed E-state index contributed by atoms with van der Waals surface area (Å²) < 4.78 is 43.4. The van der Waals surface area contributed by atoms with Crippen molar-refractivity contribution in [3.63, 3.8) is 0 Å². The summed E-state index contributed by atoms with van der Waals surface area (Å²) in [6.07, 6.45) is -4.21. The quantitative estimate of drug-likeness (QED) is 0.579. The van der Waals surface area contributed by atoms with E-state index in [2.05, 4.69) is 0 Å². The summed E-state index contributed by atoms with van der Waals surface area (Å²) >= 11 is 0. The van der Waals surface area contributed by atoms with Gasteiger partial charge in [-0.1, -0.05) is 30.3 Å². The standard InChI is InChI=1S/C7H5F3.HOP/c8-7(9,10)6-4-2-1-3-5-6;1-2/h1-5H;2H. The molecule has 0 spiro atoms. The summed E-state index contributed by atoms with van der Waals surface area (Å²) in [6.45, 7) is 0. The van der Waals surface area contributed by atoms with Gasteiger partial charge in [0.25, 0.3) is 0 Å². The molecule has 0 bridgehead atoms. The fraction of sp³-hybridized carbons (Fsp3) is 0.143. The minimum Gasteiger partial charge on any atom is -0.279 e. The van der Waals surface area contributed by atoms with E-state index in [1.54, 1.807) is 15.2 Å². The zero-order valence-corrected chi connectivity index (χ0v) is 6.93. The molecule has 1 rings (SSSR count). The van der Waals surface area contributed by atoms with Crippen LogP contribution in [-0.4, -0.2) is 0 Å². The van der Waals surface area contributed by atoms with Crippen LogP contribution >= 0.6 is 9.12 Å². The van der Waals surface area contributed by atoms with Crippen molar-refractivity contribution in [2.24, 2.45) is 0 Å². The van der Waals surface area contributed by atoms with Crippen LogP contribution in [0.5, 0.6) is 0 Å². The van der Waals surface area contributed by atoms with Crippen LogP contribution < -0.4 is 0 Å². The van der Waals surface area contributed by atoms with Crippen molar-refractivity contribution >= 4 is 9.12 Å². The van der Waals surface area contributed by atoms with Crippen LogP contribution in [0.2, 0.25) is 0 Å². The highest BCUT2D eigenvalue weighted by molar-refractivity contribution is 7.00. The van der Waals surface area contributed by atoms with Gasteiger partial charge in [-0.05, 0) is 0 Å². The van der Waals surface area contributed by atoms with Crippen molar-refractivity contribution in [3.05, 3.63) is 35.9 Å². The monoisotopic (exact) mass is 194 g/mol. The molecule has 1 aromatic rings. The number of hydrogen-bond donors (Lipinski definition) is 0. The van der Waals surface area contributed by atoms with E-state index < -0.39 is 11.7 Å². The van der Waals surface area contributed by atoms with Crippen LogP contribution in [0.4, 0.5) is 13.2 Å². The van der Waals surface area contributed by atoms with Crippen LogP contribution in [0.25, 0.3) is 0 Å². The van der Waals surface area contributed by atoms with Crippen LogP contribution in [0.3, 0.4) is 0 Å². The van der Waals surface area contributed by atoms with Gasteiger partial charge >= 0.3 is 6.18 Å². The lowest BCUT2D eigenvalue weighted by atomic mass is 10.2. The van der Waals surface area contributed by atoms with Gasteiger partial charge in [0.15, 0.2) is 0 Å². The Bertz CT molecular complexity index is 222. The Labute approximate surface area is 69.8 Å². The summed E-state index contributed by atoms with van der Waals surface area (Å²) in [4.78, 5) is 0. The van der Waals surface area contributed by atoms with E-state index in [1.807, 2.05) is 0 Å². The fourth-order valence-corrected chi connectivity index (χ4v) is 0.627. The van der Waals surface area contributed by atoms with Crippen LogP contribution in [0.1, 0.15) is 5.56 Å². The van der Waals surface area contributed by atoms with Crippen molar-refractivity contribution in [1.82, 2.24) is 0 Å². The van der Waals surface area contributed by atoms with Gasteiger partial charge in [0.1, 0.15) is 9.12 Å². The predicted octanol–water partition coefficient (Wildman–Crippen LogP) is 3.18. The molecule has 0 heterocycles. The highest BCUT2D eigenvalue weighted by atomic mass is 31.0. The summed E-state index contributed by atoms with van der Waals surface area (Å²) in [5.41, 5.74) is -0.602. The fourth-order valence-electron chi connectivity index (χ4n) is 0.627. The van der Waals surface area contributed by atoms with Crippen molar-refractivity contribution in [3.8, 4) is 0 Å². The van der Waals surface area contributed by atoms with Gasteiger partial charge in [0.2, 0.25) is 0 Å². The Kier molecular flexibility index (Phi) is 4.52. The molecule has 0 aromatic heterocycles. The molecular formula is C7H6F3OP. The average molecular weight is 194 g/mol. The van der Waals surface area contributed by atoms with Crippen LogP contribution in [-0.2, 0) is 10.7 Å². The SMILES string of the molecule is FC(F)(F)c1ccccc1.O=P. The molecule has 66 valence electrons. The smallest absolute Gasteiger partial charge is 0.279 e. The Hall–Kier alpha value is -0.890. The van der Waals surface area contributed by atoms with Crippen molar-refractivity contribution < 1.29 is 17.7 Å². The van der Waals surface area contributed by atoms with Gasteiger partial charge < -0.3 is 0 Å². The molecule has 0 N–H and O–H groups in total. The molecule has 0 saturated heterocycles. The normalized spacial score (nSPS) is 9.92. The lowest BCUT2D eigenvalue weighted by molar-refractivity contribution is -0.137. The number of alkyl halides is 3. The molecule has 1 nitrogen and oxygen atoms in total. The minimum absolute atomic E-state index is 0.602. The zero-order chi connectivity index (χ0) is 9.61. The summed E-state index contributed by atoms with van der Waals surface area (Å²) in [5, 5.41) is 0. The van der Waals surface area contributed by atoms with E-state index in [9.17, 15) is 13.2 Å². The van der Waals surface area contributed by atoms with E-state index >= 15 is 0 Å². The summed E-state index contributed by atoms with van der Waals surface area (Å²) in [5.74, 6) is 0. The molecule has 0 aliphatic rings. The maximum Gasteiger partial charge on any atom is 0.416 e. The second-order valence-corrected chi connectivity index (χ2v) is 1.86. The third-order valence-electron chi connectivity index (χ3n) is 1.10. The molecule has 0 radical (unpaired) electrons. The van der Waals surface area contributed by atoms with Gasteiger partial charge in [-0.3, -0.25) is 4.57 Å². The number of hydrogen-bond acceptors (Lipinski definition) is 1. The van der Waals surface area contributed by atoms with E-state index in [1.165, 1.54) is 12.1 Å². The van der Waals surface area contributed by atoms with E-state index in [0.717, 1.165) is 12.1 Å². The first-order valence-electron chi connectivity index (χ1n) is 2.93. The highest BCUT2D eigenvalue weighted by Gasteiger charge is 2.29. The molecule has 0 amide bonds. The molecule has 0 atom stereocenters. The van der Waals surface area contributed by atoms with Crippen molar-refractivity contribution in [2.75, 3.05) is 0 Å². The van der Waals surface area contributed by atoms with E-state index in [4.69, 9.17) is 4.57 Å². The molecule has 0 aliphatic carbocycles. The average Bonchev–Trinajstić information content (AvgIpc) is 2.08. The van der Waals surface area contributed by atoms with Gasteiger partial charge in [-0.2, -0.15) is 13.2 Å². The highest BCUT2D eigenvalue weighted by Crippen LogP contribution is 2.28. The van der Waals surface area contributed by atoms with Gasteiger partial charge in [0, 0.05) is 0 Å². The number of benzene rings is 1. The molecule has 0 unspecified atom stereocenters. The largest absolute Gasteiger partial charge is 0.416 e. The summed E-state index contributed by atoms with van der Waals surface area (Å²) in [7, 11) is 1.72. The molecule has 12 heavy (non-hydrogen) atoms. The maximum atomic E-state index is 11.8. The van der Waals surface area contributed by atoms with Crippen molar-refractivity contribution in [2.45, 2.75) is 6.18 Å². The zero-order valence-electron chi connectivity index (χ0n) is 5.93. The Morgan fingerprint density at radius 2 is 1.42 bits per heavy atom. The van der Waals surface area contributed by atoms with Crippen molar-refractivity contribution in [1.29, 1.82) is 0 Å². The molecule has 5 heteroatoms. The number of halogens is 3. The molecular weight excluding hydrogens is 188 g/mol. The molecule has 0 aliphatic heterocycles. The van der Waals surface area contributed by atoms with Crippen LogP contribution in [0.15, 0.2) is 30.3 Å². The van der Waals surface area contributed by atoms with E-state index in [0.29, 0.717) is 0 Å². The first kappa shape index (κ1) is 11.1. The third kappa shape index (κ3) is 3.49. The Morgan fingerprint density at radius 3 is 1.67 bits per heavy atom. The maximum absolute atomic E-state index is 11.8. The topological polar surface area (TPSA) is 17.1 Å². The lowest BCUT2D eigenvalue weighted by Gasteiger charge is -2.03. The van der Waals surface area contributed by atoms with E-state index in [-0.39, 0.29) is 0 Å². The molecule has 0 saturated carbocycles.